The maximum absolute atomic E-state index is 12.3. The summed E-state index contributed by atoms with van der Waals surface area (Å²) in [7, 11) is 0. The van der Waals surface area contributed by atoms with Gasteiger partial charge in [0, 0.05) is 25.3 Å². The maximum Gasteiger partial charge on any atom is 0.253 e. The summed E-state index contributed by atoms with van der Waals surface area (Å²) in [5.74, 6) is 0.150. The summed E-state index contributed by atoms with van der Waals surface area (Å²) in [5.41, 5.74) is 0.549. The van der Waals surface area contributed by atoms with Crippen LogP contribution >= 0.6 is 22.6 Å². The fraction of sp³-hybridized carbons (Fsp3) is 0.500. The highest BCUT2D eigenvalue weighted by Gasteiger charge is 2.24. The van der Waals surface area contributed by atoms with Crippen LogP contribution in [0.15, 0.2) is 18.2 Å². The largest absolute Gasteiger partial charge is 0.507 e. The molecule has 0 unspecified atom stereocenters. The first-order valence-corrected chi connectivity index (χ1v) is 7.59. The minimum atomic E-state index is -0.0124. The van der Waals surface area contributed by atoms with Crippen LogP contribution in [-0.2, 0) is 4.74 Å². The minimum Gasteiger partial charge on any atom is -0.507 e. The number of phenols is 1. The third-order valence-corrected chi connectivity index (χ3v) is 4.24. The van der Waals surface area contributed by atoms with Crippen molar-refractivity contribution in [2.24, 2.45) is 0 Å². The number of piperidine rings is 1. The molecule has 0 bridgehead atoms. The van der Waals surface area contributed by atoms with Gasteiger partial charge in [0.25, 0.3) is 5.91 Å². The van der Waals surface area contributed by atoms with Gasteiger partial charge in [-0.05, 0) is 60.6 Å². The normalized spacial score (nSPS) is 16.6. The Morgan fingerprint density at radius 2 is 2.16 bits per heavy atom. The lowest BCUT2D eigenvalue weighted by Gasteiger charge is -2.31. The van der Waals surface area contributed by atoms with Crippen molar-refractivity contribution in [1.82, 2.24) is 4.90 Å². The Morgan fingerprint density at radius 3 is 2.74 bits per heavy atom. The van der Waals surface area contributed by atoms with Crippen LogP contribution in [0.5, 0.6) is 5.75 Å². The number of hydrogen-bond donors (Lipinski definition) is 1. The highest BCUT2D eigenvalue weighted by Crippen LogP contribution is 2.22. The van der Waals surface area contributed by atoms with Gasteiger partial charge in [0.15, 0.2) is 0 Å². The van der Waals surface area contributed by atoms with Crippen LogP contribution in [0.2, 0.25) is 0 Å². The molecular formula is C14H18INO3. The Bertz CT molecular complexity index is 456. The number of carbonyl (C=O) groups excluding carboxylic acids is 1. The van der Waals surface area contributed by atoms with E-state index in [1.807, 2.05) is 34.4 Å². The third kappa shape index (κ3) is 3.60. The molecule has 0 spiro atoms. The van der Waals surface area contributed by atoms with E-state index >= 15 is 0 Å². The molecular weight excluding hydrogens is 357 g/mol. The number of hydrogen-bond acceptors (Lipinski definition) is 3. The van der Waals surface area contributed by atoms with Crippen molar-refractivity contribution in [3.05, 3.63) is 27.3 Å². The van der Waals surface area contributed by atoms with Crippen LogP contribution in [0, 0.1) is 3.57 Å². The fourth-order valence-corrected chi connectivity index (χ4v) is 2.63. The smallest absolute Gasteiger partial charge is 0.253 e. The van der Waals surface area contributed by atoms with Crippen molar-refractivity contribution in [2.75, 3.05) is 19.7 Å². The summed E-state index contributed by atoms with van der Waals surface area (Å²) in [4.78, 5) is 14.1. The third-order valence-electron chi connectivity index (χ3n) is 3.32. The van der Waals surface area contributed by atoms with E-state index in [9.17, 15) is 9.90 Å². The number of ether oxygens (including phenoxy) is 1. The average Bonchev–Trinajstić information content (AvgIpc) is 2.42. The molecule has 0 aromatic heterocycles. The summed E-state index contributed by atoms with van der Waals surface area (Å²) in [5, 5.41) is 9.66. The zero-order valence-electron chi connectivity index (χ0n) is 10.9. The van der Waals surface area contributed by atoms with E-state index in [1.54, 1.807) is 18.2 Å². The van der Waals surface area contributed by atoms with Gasteiger partial charge in [0.2, 0.25) is 0 Å². The highest BCUT2D eigenvalue weighted by atomic mass is 127. The Kier molecular flexibility index (Phi) is 5.04. The second-order valence-corrected chi connectivity index (χ2v) is 5.78. The lowest BCUT2D eigenvalue weighted by atomic mass is 10.1. The molecule has 19 heavy (non-hydrogen) atoms. The summed E-state index contributed by atoms with van der Waals surface area (Å²) < 4.78 is 6.33. The molecule has 1 amide bonds. The van der Waals surface area contributed by atoms with E-state index in [1.165, 1.54) is 0 Å². The number of carbonyl (C=O) groups is 1. The highest BCUT2D eigenvalue weighted by molar-refractivity contribution is 14.1. The lowest BCUT2D eigenvalue weighted by molar-refractivity contribution is 0.0146. The van der Waals surface area contributed by atoms with Crippen LogP contribution in [0.25, 0.3) is 0 Å². The first-order valence-electron chi connectivity index (χ1n) is 6.51. The molecule has 4 nitrogen and oxygen atoms in total. The van der Waals surface area contributed by atoms with Gasteiger partial charge in [-0.2, -0.15) is 0 Å². The Morgan fingerprint density at radius 1 is 1.47 bits per heavy atom. The molecule has 1 saturated heterocycles. The molecule has 1 aliphatic heterocycles. The fourth-order valence-electron chi connectivity index (χ4n) is 2.29. The Hall–Kier alpha value is -0.820. The first-order chi connectivity index (χ1) is 9.11. The quantitative estimate of drug-likeness (QED) is 0.827. The van der Waals surface area contributed by atoms with Gasteiger partial charge in [0.1, 0.15) is 5.75 Å². The average molecular weight is 375 g/mol. The van der Waals surface area contributed by atoms with E-state index in [4.69, 9.17) is 4.74 Å². The SMILES string of the molecule is CCOC1CCN(C(=O)c2ccc(I)c(O)c2)CC1. The minimum absolute atomic E-state index is 0.0124. The molecule has 2 rings (SSSR count). The molecule has 0 saturated carbocycles. The van der Waals surface area contributed by atoms with Gasteiger partial charge >= 0.3 is 0 Å². The van der Waals surface area contributed by atoms with E-state index in [2.05, 4.69) is 0 Å². The molecule has 0 radical (unpaired) electrons. The molecule has 1 aliphatic rings. The monoisotopic (exact) mass is 375 g/mol. The Balaban J connectivity index is 1.99. The second-order valence-electron chi connectivity index (χ2n) is 4.61. The van der Waals surface area contributed by atoms with E-state index in [0.29, 0.717) is 5.56 Å². The molecule has 0 atom stereocenters. The van der Waals surface area contributed by atoms with Crippen molar-refractivity contribution in [1.29, 1.82) is 0 Å². The first kappa shape index (κ1) is 14.6. The number of halogens is 1. The number of amides is 1. The number of benzene rings is 1. The van der Waals surface area contributed by atoms with Crippen LogP contribution in [-0.4, -0.2) is 41.7 Å². The van der Waals surface area contributed by atoms with E-state index in [-0.39, 0.29) is 17.8 Å². The second kappa shape index (κ2) is 6.56. The zero-order valence-corrected chi connectivity index (χ0v) is 13.1. The van der Waals surface area contributed by atoms with Crippen LogP contribution < -0.4 is 0 Å². The van der Waals surface area contributed by atoms with Gasteiger partial charge in [-0.3, -0.25) is 4.79 Å². The molecule has 1 N–H and O–H groups in total. The van der Waals surface area contributed by atoms with Crippen molar-refractivity contribution in [3.63, 3.8) is 0 Å². The molecule has 1 fully saturated rings. The van der Waals surface area contributed by atoms with Gasteiger partial charge in [-0.15, -0.1) is 0 Å². The van der Waals surface area contributed by atoms with E-state index in [0.717, 1.165) is 36.1 Å². The Labute approximate surface area is 126 Å². The van der Waals surface area contributed by atoms with Crippen molar-refractivity contribution >= 4 is 28.5 Å². The maximum atomic E-state index is 12.3. The number of nitrogens with zero attached hydrogens (tertiary/aromatic N) is 1. The van der Waals surface area contributed by atoms with Crippen molar-refractivity contribution in [2.45, 2.75) is 25.9 Å². The number of likely N-dealkylation sites (tertiary alicyclic amines) is 1. The van der Waals surface area contributed by atoms with E-state index < -0.39 is 0 Å². The van der Waals surface area contributed by atoms with Gasteiger partial charge in [0.05, 0.1) is 9.67 Å². The topological polar surface area (TPSA) is 49.8 Å². The van der Waals surface area contributed by atoms with Crippen LogP contribution in [0.4, 0.5) is 0 Å². The van der Waals surface area contributed by atoms with Gasteiger partial charge < -0.3 is 14.7 Å². The summed E-state index contributed by atoms with van der Waals surface area (Å²) >= 11 is 2.04. The van der Waals surface area contributed by atoms with Gasteiger partial charge in [-0.1, -0.05) is 0 Å². The zero-order chi connectivity index (χ0) is 13.8. The predicted molar refractivity (Wildman–Crippen MR) is 81.4 cm³/mol. The predicted octanol–water partition coefficient (Wildman–Crippen LogP) is 2.64. The molecule has 104 valence electrons. The number of rotatable bonds is 3. The lowest BCUT2D eigenvalue weighted by Crippen LogP contribution is -2.40. The molecule has 1 aromatic rings. The summed E-state index contributed by atoms with van der Waals surface area (Å²) in [6.07, 6.45) is 2.05. The van der Waals surface area contributed by atoms with Crippen molar-refractivity contribution in [3.8, 4) is 5.75 Å². The summed E-state index contributed by atoms with van der Waals surface area (Å²) in [6, 6.07) is 5.06. The molecule has 1 heterocycles. The molecule has 1 aromatic carbocycles. The summed E-state index contributed by atoms with van der Waals surface area (Å²) in [6.45, 7) is 4.15. The van der Waals surface area contributed by atoms with Crippen LogP contribution in [0.3, 0.4) is 0 Å². The van der Waals surface area contributed by atoms with Crippen molar-refractivity contribution < 1.29 is 14.6 Å². The van der Waals surface area contributed by atoms with Crippen LogP contribution in [0.1, 0.15) is 30.1 Å². The number of aromatic hydroxyl groups is 1. The molecule has 5 heteroatoms. The standard InChI is InChI=1S/C14H18INO3/c1-2-19-11-5-7-16(8-6-11)14(18)10-3-4-12(15)13(17)9-10/h3-4,9,11,17H,2,5-8H2,1H3. The number of phenolic OH excluding ortho intramolecular Hbond substituents is 1. The van der Waals surface area contributed by atoms with Gasteiger partial charge in [-0.25, -0.2) is 0 Å². The molecule has 0 aliphatic carbocycles.